The largest absolute Gasteiger partial charge is 0.507 e. The number of carbonyl (C=O) groups excluding carboxylic acids is 2. The molecule has 0 unspecified atom stereocenters. The summed E-state index contributed by atoms with van der Waals surface area (Å²) in [5.41, 5.74) is 1.52. The van der Waals surface area contributed by atoms with Gasteiger partial charge < -0.3 is 19.5 Å². The second-order valence-corrected chi connectivity index (χ2v) is 11.9. The van der Waals surface area contributed by atoms with Crippen LogP contribution in [0.15, 0.2) is 114 Å². The van der Waals surface area contributed by atoms with E-state index in [9.17, 15) is 37.1 Å². The number of halogens is 4. The molecule has 1 aliphatic rings. The lowest BCUT2D eigenvalue weighted by atomic mass is 10.0. The third-order valence-corrected chi connectivity index (χ3v) is 8.59. The van der Waals surface area contributed by atoms with Gasteiger partial charge in [-0.05, 0) is 41.0 Å². The van der Waals surface area contributed by atoms with E-state index in [0.29, 0.717) is 31.3 Å². The Kier molecular flexibility index (Phi) is 9.94. The van der Waals surface area contributed by atoms with Crippen molar-refractivity contribution >= 4 is 23.1 Å². The predicted octanol–water partition coefficient (Wildman–Crippen LogP) is 6.53. The molecule has 0 aliphatic carbocycles. The molecule has 1 aromatic heterocycles. The molecule has 1 aliphatic heterocycles. The highest BCUT2D eigenvalue weighted by molar-refractivity contribution is 6.41. The molecule has 1 N–H and O–H groups in total. The van der Waals surface area contributed by atoms with E-state index in [2.05, 4.69) is 4.90 Å². The van der Waals surface area contributed by atoms with Crippen molar-refractivity contribution in [3.63, 3.8) is 0 Å². The van der Waals surface area contributed by atoms with Gasteiger partial charge in [0.25, 0.3) is 11.5 Å². The molecule has 1 saturated heterocycles. The van der Waals surface area contributed by atoms with Crippen LogP contribution in [-0.4, -0.2) is 52.4 Å². The Hall–Kier alpha value is -5.97. The molecular weight excluding hydrogens is 650 g/mol. The highest BCUT2D eigenvalue weighted by Gasteiger charge is 2.26. The van der Waals surface area contributed by atoms with Crippen LogP contribution < -0.4 is 10.5 Å². The Morgan fingerprint density at radius 2 is 1.36 bits per heavy atom. The number of benzene rings is 4. The van der Waals surface area contributed by atoms with Crippen molar-refractivity contribution in [2.45, 2.75) is 13.0 Å². The normalized spacial score (nSPS) is 13.4. The molecule has 0 spiro atoms. The van der Waals surface area contributed by atoms with E-state index in [1.165, 1.54) is 29.3 Å². The van der Waals surface area contributed by atoms with Crippen molar-refractivity contribution in [1.82, 2.24) is 9.47 Å². The van der Waals surface area contributed by atoms with Crippen molar-refractivity contribution < 1.29 is 32.3 Å². The molecule has 2 heterocycles. The minimum absolute atomic E-state index is 0.0898. The second-order valence-electron chi connectivity index (χ2n) is 11.9. The summed E-state index contributed by atoms with van der Waals surface area (Å²) in [6, 6.07) is 25.8. The van der Waals surface area contributed by atoms with Gasteiger partial charge in [-0.25, -0.2) is 17.6 Å². The highest BCUT2D eigenvalue weighted by atomic mass is 19.1. The fraction of sp³-hybridized carbons (Fsp3) is 0.154. The molecule has 6 rings (SSSR count). The lowest BCUT2D eigenvalue weighted by Crippen LogP contribution is -2.50. The Morgan fingerprint density at radius 3 is 2.02 bits per heavy atom. The summed E-state index contributed by atoms with van der Waals surface area (Å²) >= 11 is 0. The van der Waals surface area contributed by atoms with Crippen LogP contribution in [0.4, 0.5) is 23.2 Å². The van der Waals surface area contributed by atoms with Gasteiger partial charge in [0.05, 0.1) is 12.1 Å². The second kappa shape index (κ2) is 14.7. The SMILES string of the molecule is O=C(/C=C(/O)c1cc(Cc2c(F)cc(F)cc2F)cn(Cc2ccccc2F)c1=O)C(=O)N1CCN(c2ccc(-c3ccccc3)cc2)CC1. The van der Waals surface area contributed by atoms with Gasteiger partial charge in [-0.1, -0.05) is 60.7 Å². The molecule has 0 atom stereocenters. The van der Waals surface area contributed by atoms with Crippen molar-refractivity contribution in [1.29, 1.82) is 0 Å². The Balaban J connectivity index is 1.20. The van der Waals surface area contributed by atoms with Gasteiger partial charge in [-0.2, -0.15) is 0 Å². The van der Waals surface area contributed by atoms with Crippen LogP contribution >= 0.6 is 0 Å². The first kappa shape index (κ1) is 33.9. The number of piperazine rings is 1. The summed E-state index contributed by atoms with van der Waals surface area (Å²) in [6.45, 7) is 1.07. The summed E-state index contributed by atoms with van der Waals surface area (Å²) in [5.74, 6) is -6.88. The van der Waals surface area contributed by atoms with E-state index in [1.54, 1.807) is 6.07 Å². The molecule has 1 amide bonds. The van der Waals surface area contributed by atoms with E-state index in [4.69, 9.17) is 0 Å². The van der Waals surface area contributed by atoms with Crippen molar-refractivity contribution in [3.8, 4) is 11.1 Å². The van der Waals surface area contributed by atoms with Crippen LogP contribution in [0.3, 0.4) is 0 Å². The van der Waals surface area contributed by atoms with Crippen LogP contribution in [-0.2, 0) is 22.6 Å². The van der Waals surface area contributed by atoms with Gasteiger partial charge in [-0.15, -0.1) is 0 Å². The summed E-state index contributed by atoms with van der Waals surface area (Å²) in [6.07, 6.45) is 1.39. The maximum absolute atomic E-state index is 14.5. The number of rotatable bonds is 9. The van der Waals surface area contributed by atoms with Gasteiger partial charge in [0.2, 0.25) is 5.78 Å². The van der Waals surface area contributed by atoms with E-state index in [1.807, 2.05) is 54.6 Å². The lowest BCUT2D eigenvalue weighted by molar-refractivity contribution is -0.142. The smallest absolute Gasteiger partial charge is 0.294 e. The number of ketones is 1. The standard InChI is InChI=1S/C39H31F4N3O4/c40-29-20-34(42)31(35(43)21-29)18-25-19-32(38(49)46(23-25)24-28-8-4-5-9-33(28)41)36(47)22-37(48)39(50)45-16-14-44(15-17-45)30-12-10-27(11-13-30)26-6-2-1-3-7-26/h1-13,19-23,47H,14-18,24H2/b36-22+. The summed E-state index contributed by atoms with van der Waals surface area (Å²) in [4.78, 5) is 43.1. The first-order chi connectivity index (χ1) is 24.1. The number of aliphatic hydroxyl groups excluding tert-OH is 1. The third kappa shape index (κ3) is 7.52. The quantitative estimate of drug-likeness (QED) is 0.0829. The zero-order valence-corrected chi connectivity index (χ0v) is 26.7. The maximum Gasteiger partial charge on any atom is 0.294 e. The summed E-state index contributed by atoms with van der Waals surface area (Å²) in [5, 5.41) is 11.0. The van der Waals surface area contributed by atoms with Crippen molar-refractivity contribution in [2.75, 3.05) is 31.1 Å². The predicted molar refractivity (Wildman–Crippen MR) is 182 cm³/mol. The number of nitrogens with zero attached hydrogens (tertiary/aromatic N) is 3. The number of aliphatic hydroxyl groups is 1. The minimum atomic E-state index is -1.17. The molecule has 7 nitrogen and oxygen atoms in total. The number of hydrogen-bond donors (Lipinski definition) is 1. The Bertz CT molecular complexity index is 2120. The molecule has 1 fully saturated rings. The van der Waals surface area contributed by atoms with Crippen LogP contribution in [0.5, 0.6) is 0 Å². The molecule has 254 valence electrons. The Labute approximate surface area is 285 Å². The first-order valence-corrected chi connectivity index (χ1v) is 15.8. The molecule has 5 aromatic rings. The number of aromatic nitrogens is 1. The lowest BCUT2D eigenvalue weighted by Gasteiger charge is -2.35. The van der Waals surface area contributed by atoms with Gasteiger partial charge in [0, 0.05) is 73.8 Å². The van der Waals surface area contributed by atoms with Crippen LogP contribution in [0.1, 0.15) is 22.3 Å². The van der Waals surface area contributed by atoms with E-state index >= 15 is 0 Å². The van der Waals surface area contributed by atoms with Gasteiger partial charge in [-0.3, -0.25) is 14.4 Å². The summed E-state index contributed by atoms with van der Waals surface area (Å²) < 4.78 is 58.1. The van der Waals surface area contributed by atoms with Crippen LogP contribution in [0, 0.1) is 23.3 Å². The molecule has 11 heteroatoms. The monoisotopic (exact) mass is 681 g/mol. The molecule has 0 bridgehead atoms. The van der Waals surface area contributed by atoms with E-state index in [-0.39, 0.29) is 30.8 Å². The van der Waals surface area contributed by atoms with E-state index < -0.39 is 63.8 Å². The highest BCUT2D eigenvalue weighted by Crippen LogP contribution is 2.25. The van der Waals surface area contributed by atoms with Crippen molar-refractivity contribution in [2.24, 2.45) is 0 Å². The first-order valence-electron chi connectivity index (χ1n) is 15.8. The van der Waals surface area contributed by atoms with E-state index in [0.717, 1.165) is 27.4 Å². The topological polar surface area (TPSA) is 82.8 Å². The number of hydrogen-bond acceptors (Lipinski definition) is 5. The van der Waals surface area contributed by atoms with Crippen LogP contribution in [0.2, 0.25) is 0 Å². The maximum atomic E-state index is 14.5. The number of anilines is 1. The minimum Gasteiger partial charge on any atom is -0.507 e. The average molecular weight is 682 g/mol. The zero-order valence-electron chi connectivity index (χ0n) is 26.7. The molecule has 0 saturated carbocycles. The van der Waals surface area contributed by atoms with Gasteiger partial charge >= 0.3 is 0 Å². The van der Waals surface area contributed by atoms with Crippen molar-refractivity contribution in [3.05, 3.63) is 165 Å². The van der Waals surface area contributed by atoms with Gasteiger partial charge in [0.1, 0.15) is 29.0 Å². The fourth-order valence-corrected chi connectivity index (χ4v) is 5.93. The summed E-state index contributed by atoms with van der Waals surface area (Å²) in [7, 11) is 0. The molecule has 4 aromatic carbocycles. The molecule has 50 heavy (non-hydrogen) atoms. The average Bonchev–Trinajstić information content (AvgIpc) is 3.12. The van der Waals surface area contributed by atoms with Gasteiger partial charge in [0.15, 0.2) is 0 Å². The Morgan fingerprint density at radius 1 is 0.740 bits per heavy atom. The number of carbonyl (C=O) groups is 2. The number of amides is 1. The van der Waals surface area contributed by atoms with Crippen LogP contribution in [0.25, 0.3) is 16.9 Å². The zero-order chi connectivity index (χ0) is 35.4. The molecular formula is C39H31F4N3O4. The fourth-order valence-electron chi connectivity index (χ4n) is 5.93. The molecule has 0 radical (unpaired) electrons. The third-order valence-electron chi connectivity index (χ3n) is 8.59. The number of pyridine rings is 1.